The van der Waals surface area contributed by atoms with Crippen LogP contribution in [-0.2, 0) is 23.9 Å². The van der Waals surface area contributed by atoms with Crippen molar-refractivity contribution in [3.8, 4) is 0 Å². The molecule has 0 saturated heterocycles. The molecule has 1 fully saturated rings. The van der Waals surface area contributed by atoms with Crippen molar-refractivity contribution in [1.29, 1.82) is 0 Å². The lowest BCUT2D eigenvalue weighted by molar-refractivity contribution is -0.150. The van der Waals surface area contributed by atoms with Crippen LogP contribution in [0.5, 0.6) is 0 Å². The summed E-state index contributed by atoms with van der Waals surface area (Å²) in [5, 5.41) is 2.66. The van der Waals surface area contributed by atoms with Gasteiger partial charge in [-0.2, -0.15) is 0 Å². The number of esters is 1. The van der Waals surface area contributed by atoms with E-state index < -0.39 is 29.5 Å². The van der Waals surface area contributed by atoms with E-state index in [1.807, 2.05) is 0 Å². The maximum Gasteiger partial charge on any atom is 0.407 e. The molecule has 1 aliphatic rings. The summed E-state index contributed by atoms with van der Waals surface area (Å²) in [7, 11) is 1.27. The second-order valence-corrected chi connectivity index (χ2v) is 7.32. The van der Waals surface area contributed by atoms with E-state index in [1.165, 1.54) is 7.11 Å². The molecule has 1 aliphatic carbocycles. The Bertz CT molecular complexity index is 508. The molecule has 1 saturated carbocycles. The fourth-order valence-corrected chi connectivity index (χ4v) is 2.91. The molecule has 7 nitrogen and oxygen atoms in total. The van der Waals surface area contributed by atoms with Crippen molar-refractivity contribution in [1.82, 2.24) is 5.32 Å². The minimum Gasteiger partial charge on any atom is -0.469 e. The predicted molar refractivity (Wildman–Crippen MR) is 90.9 cm³/mol. The van der Waals surface area contributed by atoms with Gasteiger partial charge < -0.3 is 14.8 Å². The van der Waals surface area contributed by atoms with Gasteiger partial charge in [0, 0.05) is 19.4 Å². The van der Waals surface area contributed by atoms with E-state index in [4.69, 9.17) is 4.74 Å². The van der Waals surface area contributed by atoms with Gasteiger partial charge in [-0.15, -0.1) is 0 Å². The second kappa shape index (κ2) is 9.53. The second-order valence-electron chi connectivity index (χ2n) is 7.32. The molecule has 25 heavy (non-hydrogen) atoms. The van der Waals surface area contributed by atoms with Crippen LogP contribution in [0.15, 0.2) is 0 Å². The Balaban J connectivity index is 2.25. The van der Waals surface area contributed by atoms with E-state index in [0.717, 1.165) is 6.42 Å². The number of hydrogen-bond donors (Lipinski definition) is 1. The summed E-state index contributed by atoms with van der Waals surface area (Å²) in [6, 6.07) is 0. The molecule has 1 rings (SSSR count). The number of nitrogens with one attached hydrogen (secondary N) is 1. The van der Waals surface area contributed by atoms with Gasteiger partial charge >= 0.3 is 12.1 Å². The van der Waals surface area contributed by atoms with Crippen molar-refractivity contribution in [2.45, 2.75) is 64.9 Å². The highest BCUT2D eigenvalue weighted by Crippen LogP contribution is 2.31. The molecule has 1 unspecified atom stereocenters. The number of rotatable bonds is 8. The van der Waals surface area contributed by atoms with Crippen LogP contribution in [0.1, 0.15) is 59.3 Å². The number of carbonyl (C=O) groups excluding carboxylic acids is 4. The molecule has 0 bridgehead atoms. The zero-order chi connectivity index (χ0) is 19.0. The van der Waals surface area contributed by atoms with Gasteiger partial charge in [-0.1, -0.05) is 6.42 Å². The van der Waals surface area contributed by atoms with Crippen molar-refractivity contribution < 1.29 is 28.7 Å². The summed E-state index contributed by atoms with van der Waals surface area (Å²) in [5.41, 5.74) is -0.527. The summed E-state index contributed by atoms with van der Waals surface area (Å²) in [6.45, 7) is 5.86. The minimum atomic E-state index is -0.840. The summed E-state index contributed by atoms with van der Waals surface area (Å²) in [5.74, 6) is -2.29. The van der Waals surface area contributed by atoms with Crippen molar-refractivity contribution in [3.63, 3.8) is 0 Å². The Morgan fingerprint density at radius 3 is 2.44 bits per heavy atom. The van der Waals surface area contributed by atoms with Crippen LogP contribution < -0.4 is 5.32 Å². The molecule has 0 aromatic rings. The number of ether oxygens (including phenoxy) is 2. The van der Waals surface area contributed by atoms with Gasteiger partial charge in [-0.05, 0) is 40.0 Å². The highest BCUT2D eigenvalue weighted by molar-refractivity contribution is 6.07. The third kappa shape index (κ3) is 7.23. The van der Waals surface area contributed by atoms with Gasteiger partial charge in [0.1, 0.15) is 17.2 Å². The number of alkyl carbamates (subject to hydrolysis) is 1. The lowest BCUT2D eigenvalue weighted by atomic mass is 9.89. The van der Waals surface area contributed by atoms with Gasteiger partial charge in [0.15, 0.2) is 0 Å². The van der Waals surface area contributed by atoms with Gasteiger partial charge in [-0.25, -0.2) is 4.79 Å². The standard InChI is InChI=1S/C18H29NO6/c1-18(2,3)25-17(23)19-11-7-5-6-8-13(20)15-12(16(22)24-4)9-10-14(15)21/h12,15H,5-11H2,1-4H3,(H,19,23)/t12-,15?/m1/s1. The van der Waals surface area contributed by atoms with Gasteiger partial charge in [0.25, 0.3) is 0 Å². The molecule has 0 radical (unpaired) electrons. The number of unbranched alkanes of at least 4 members (excludes halogenated alkanes) is 2. The quantitative estimate of drug-likeness (QED) is 0.408. The van der Waals surface area contributed by atoms with Gasteiger partial charge in [0.2, 0.25) is 0 Å². The first-order valence-electron chi connectivity index (χ1n) is 8.76. The maximum absolute atomic E-state index is 12.3. The Hall–Kier alpha value is -1.92. The van der Waals surface area contributed by atoms with E-state index in [0.29, 0.717) is 25.8 Å². The largest absolute Gasteiger partial charge is 0.469 e. The normalized spacial score (nSPS) is 20.2. The van der Waals surface area contributed by atoms with Crippen LogP contribution in [0.2, 0.25) is 0 Å². The van der Waals surface area contributed by atoms with Crippen LogP contribution in [0.25, 0.3) is 0 Å². The SMILES string of the molecule is COC(=O)[C@@H]1CCC(=O)C1C(=O)CCCCCNC(=O)OC(C)(C)C. The maximum atomic E-state index is 12.3. The minimum absolute atomic E-state index is 0.160. The molecule has 7 heteroatoms. The monoisotopic (exact) mass is 355 g/mol. The average molecular weight is 355 g/mol. The molecule has 0 aromatic carbocycles. The van der Waals surface area contributed by atoms with Gasteiger partial charge in [0.05, 0.1) is 18.9 Å². The van der Waals surface area contributed by atoms with E-state index in [2.05, 4.69) is 10.1 Å². The lowest BCUT2D eigenvalue weighted by Crippen LogP contribution is -2.33. The van der Waals surface area contributed by atoms with Crippen molar-refractivity contribution in [3.05, 3.63) is 0 Å². The Morgan fingerprint density at radius 1 is 1.16 bits per heavy atom. The predicted octanol–water partition coefficient (Wildman–Crippen LogP) is 2.41. The smallest absolute Gasteiger partial charge is 0.407 e. The number of carbonyl (C=O) groups is 4. The van der Waals surface area contributed by atoms with Crippen molar-refractivity contribution in [2.24, 2.45) is 11.8 Å². The highest BCUT2D eigenvalue weighted by atomic mass is 16.6. The first-order valence-corrected chi connectivity index (χ1v) is 8.76. The summed E-state index contributed by atoms with van der Waals surface area (Å²) in [4.78, 5) is 47.3. The summed E-state index contributed by atoms with van der Waals surface area (Å²) in [6.07, 6.45) is 2.53. The van der Waals surface area contributed by atoms with Crippen molar-refractivity contribution in [2.75, 3.05) is 13.7 Å². The van der Waals surface area contributed by atoms with Gasteiger partial charge in [-0.3, -0.25) is 14.4 Å². The van der Waals surface area contributed by atoms with Crippen LogP contribution >= 0.6 is 0 Å². The number of ketones is 2. The van der Waals surface area contributed by atoms with Crippen LogP contribution in [-0.4, -0.2) is 42.9 Å². The topological polar surface area (TPSA) is 98.8 Å². The molecular weight excluding hydrogens is 326 g/mol. The zero-order valence-corrected chi connectivity index (χ0v) is 15.6. The van der Waals surface area contributed by atoms with E-state index in [1.54, 1.807) is 20.8 Å². The van der Waals surface area contributed by atoms with E-state index in [-0.39, 0.29) is 24.4 Å². The van der Waals surface area contributed by atoms with Crippen molar-refractivity contribution >= 4 is 23.6 Å². The molecule has 0 heterocycles. The van der Waals surface area contributed by atoms with E-state index >= 15 is 0 Å². The average Bonchev–Trinajstić information content (AvgIpc) is 2.89. The molecule has 142 valence electrons. The molecule has 0 aromatic heterocycles. The van der Waals surface area contributed by atoms with Crippen LogP contribution in [0.4, 0.5) is 4.79 Å². The highest BCUT2D eigenvalue weighted by Gasteiger charge is 2.43. The molecule has 1 N–H and O–H groups in total. The zero-order valence-electron chi connectivity index (χ0n) is 15.6. The van der Waals surface area contributed by atoms with E-state index in [9.17, 15) is 19.2 Å². The summed E-state index contributed by atoms with van der Waals surface area (Å²) >= 11 is 0. The fraction of sp³-hybridized carbons (Fsp3) is 0.778. The third-order valence-corrected chi connectivity index (χ3v) is 4.07. The number of methoxy groups -OCH3 is 1. The first-order chi connectivity index (χ1) is 11.7. The van der Waals surface area contributed by atoms with Crippen LogP contribution in [0.3, 0.4) is 0 Å². The fourth-order valence-electron chi connectivity index (χ4n) is 2.91. The Labute approximate surface area is 148 Å². The molecular formula is C18H29NO6. The molecule has 1 amide bonds. The Kier molecular flexibility index (Phi) is 8.06. The number of amides is 1. The third-order valence-electron chi connectivity index (χ3n) is 4.07. The summed E-state index contributed by atoms with van der Waals surface area (Å²) < 4.78 is 9.80. The number of hydrogen-bond acceptors (Lipinski definition) is 6. The molecule has 0 aliphatic heterocycles. The lowest BCUT2D eigenvalue weighted by Gasteiger charge is -2.19. The Morgan fingerprint density at radius 2 is 1.84 bits per heavy atom. The first kappa shape index (κ1) is 21.1. The van der Waals surface area contributed by atoms with Crippen LogP contribution in [0, 0.1) is 11.8 Å². The molecule has 2 atom stereocenters. The molecule has 0 spiro atoms. The number of Topliss-reactive ketones (excluding diaryl/α,β-unsaturated/α-hetero) is 2.